The fraction of sp³-hybridized carbons (Fsp3) is 0.364. The predicted octanol–water partition coefficient (Wildman–Crippen LogP) is 3.32. The SMILES string of the molecule is Cc1c(Cl)cccc1NCC(C(=O)O)C(F)(F)F. The highest BCUT2D eigenvalue weighted by Crippen LogP contribution is 2.28. The van der Waals surface area contributed by atoms with Crippen LogP contribution in [0.15, 0.2) is 18.2 Å². The third kappa shape index (κ3) is 3.53. The third-order valence-corrected chi connectivity index (χ3v) is 2.87. The van der Waals surface area contributed by atoms with Crippen LogP contribution in [-0.2, 0) is 4.79 Å². The Morgan fingerprint density at radius 3 is 2.61 bits per heavy atom. The first kappa shape index (κ1) is 14.6. The summed E-state index contributed by atoms with van der Waals surface area (Å²) in [6.45, 7) is 0.897. The van der Waals surface area contributed by atoms with Crippen molar-refractivity contribution in [2.75, 3.05) is 11.9 Å². The van der Waals surface area contributed by atoms with Crippen LogP contribution in [-0.4, -0.2) is 23.8 Å². The van der Waals surface area contributed by atoms with Crippen LogP contribution in [0.2, 0.25) is 5.02 Å². The Kier molecular flexibility index (Phi) is 4.45. The van der Waals surface area contributed by atoms with Gasteiger partial charge in [0.1, 0.15) is 0 Å². The Balaban J connectivity index is 2.80. The van der Waals surface area contributed by atoms with Gasteiger partial charge in [0.15, 0.2) is 5.92 Å². The van der Waals surface area contributed by atoms with E-state index in [4.69, 9.17) is 16.7 Å². The van der Waals surface area contributed by atoms with Gasteiger partial charge in [-0.3, -0.25) is 4.79 Å². The molecule has 7 heteroatoms. The molecule has 0 heterocycles. The van der Waals surface area contributed by atoms with E-state index in [1.54, 1.807) is 19.1 Å². The summed E-state index contributed by atoms with van der Waals surface area (Å²) in [6, 6.07) is 4.71. The maximum absolute atomic E-state index is 12.4. The Bertz CT molecular complexity index is 448. The largest absolute Gasteiger partial charge is 0.481 e. The Morgan fingerprint density at radius 2 is 2.11 bits per heavy atom. The van der Waals surface area contributed by atoms with Gasteiger partial charge < -0.3 is 10.4 Å². The average Bonchev–Trinajstić information content (AvgIpc) is 2.22. The normalized spacial score (nSPS) is 13.2. The van der Waals surface area contributed by atoms with E-state index < -0.39 is 24.6 Å². The van der Waals surface area contributed by atoms with Crippen LogP contribution >= 0.6 is 11.6 Å². The van der Waals surface area contributed by atoms with Crippen LogP contribution < -0.4 is 5.32 Å². The van der Waals surface area contributed by atoms with E-state index in [0.717, 1.165) is 0 Å². The maximum Gasteiger partial charge on any atom is 0.403 e. The molecule has 1 aromatic carbocycles. The number of aliphatic carboxylic acids is 1. The standard InChI is InChI=1S/C11H11ClF3NO2/c1-6-8(12)3-2-4-9(6)16-5-7(10(17)18)11(13,14)15/h2-4,7,16H,5H2,1H3,(H,17,18). The molecule has 0 radical (unpaired) electrons. The van der Waals surface area contributed by atoms with Crippen LogP contribution in [0.25, 0.3) is 0 Å². The van der Waals surface area contributed by atoms with Crippen molar-refractivity contribution in [3.63, 3.8) is 0 Å². The molecule has 0 bridgehead atoms. The van der Waals surface area contributed by atoms with E-state index >= 15 is 0 Å². The van der Waals surface area contributed by atoms with Crippen molar-refractivity contribution in [3.8, 4) is 0 Å². The first-order chi connectivity index (χ1) is 8.23. The van der Waals surface area contributed by atoms with Crippen LogP contribution in [0.5, 0.6) is 0 Å². The second-order valence-corrected chi connectivity index (χ2v) is 4.13. The molecular formula is C11H11ClF3NO2. The predicted molar refractivity (Wildman–Crippen MR) is 61.9 cm³/mol. The monoisotopic (exact) mass is 281 g/mol. The zero-order valence-corrected chi connectivity index (χ0v) is 10.1. The molecule has 0 saturated carbocycles. The number of carbonyl (C=O) groups is 1. The van der Waals surface area contributed by atoms with Crippen LogP contribution in [0.3, 0.4) is 0 Å². The summed E-state index contributed by atoms with van der Waals surface area (Å²) in [7, 11) is 0. The lowest BCUT2D eigenvalue weighted by molar-refractivity contribution is -0.190. The van der Waals surface area contributed by atoms with Crippen LogP contribution in [0, 0.1) is 12.8 Å². The molecule has 1 rings (SSSR count). The molecule has 0 aliphatic carbocycles. The highest BCUT2D eigenvalue weighted by Gasteiger charge is 2.44. The van der Waals surface area contributed by atoms with Gasteiger partial charge in [-0.25, -0.2) is 0 Å². The van der Waals surface area contributed by atoms with Gasteiger partial charge in [0.05, 0.1) is 0 Å². The summed E-state index contributed by atoms with van der Waals surface area (Å²) in [6.07, 6.45) is -4.79. The number of carboxylic acids is 1. The van der Waals surface area contributed by atoms with Crippen LogP contribution in [0.1, 0.15) is 5.56 Å². The van der Waals surface area contributed by atoms with Crippen molar-refractivity contribution < 1.29 is 23.1 Å². The number of alkyl halides is 3. The van der Waals surface area contributed by atoms with Gasteiger partial charge in [-0.15, -0.1) is 0 Å². The number of anilines is 1. The van der Waals surface area contributed by atoms with Crippen molar-refractivity contribution in [1.29, 1.82) is 0 Å². The molecule has 1 atom stereocenters. The van der Waals surface area contributed by atoms with Crippen LogP contribution in [0.4, 0.5) is 18.9 Å². The minimum atomic E-state index is -4.79. The smallest absolute Gasteiger partial charge is 0.403 e. The molecule has 0 aliphatic heterocycles. The quantitative estimate of drug-likeness (QED) is 0.890. The number of hydrogen-bond donors (Lipinski definition) is 2. The number of nitrogens with one attached hydrogen (secondary N) is 1. The van der Waals surface area contributed by atoms with Crippen molar-refractivity contribution in [2.45, 2.75) is 13.1 Å². The Labute approximate surface area is 107 Å². The van der Waals surface area contributed by atoms with E-state index in [-0.39, 0.29) is 0 Å². The summed E-state index contributed by atoms with van der Waals surface area (Å²) in [5.74, 6) is -4.36. The van der Waals surface area contributed by atoms with Crippen molar-refractivity contribution in [2.24, 2.45) is 5.92 Å². The van der Waals surface area contributed by atoms with E-state index in [1.165, 1.54) is 6.07 Å². The van der Waals surface area contributed by atoms with Crippen molar-refractivity contribution in [3.05, 3.63) is 28.8 Å². The second-order valence-electron chi connectivity index (χ2n) is 3.73. The van der Waals surface area contributed by atoms with E-state index in [2.05, 4.69) is 5.32 Å². The van der Waals surface area contributed by atoms with Gasteiger partial charge in [0.25, 0.3) is 0 Å². The summed E-state index contributed by atoms with van der Waals surface area (Å²) >= 11 is 5.80. The molecular weight excluding hydrogens is 271 g/mol. The first-order valence-electron chi connectivity index (χ1n) is 5.02. The summed E-state index contributed by atoms with van der Waals surface area (Å²) < 4.78 is 37.2. The lowest BCUT2D eigenvalue weighted by Gasteiger charge is -2.18. The molecule has 1 unspecified atom stereocenters. The number of hydrogen-bond acceptors (Lipinski definition) is 2. The topological polar surface area (TPSA) is 49.3 Å². The van der Waals surface area contributed by atoms with Gasteiger partial charge in [0.2, 0.25) is 0 Å². The van der Waals surface area contributed by atoms with Crippen molar-refractivity contribution >= 4 is 23.3 Å². The summed E-state index contributed by atoms with van der Waals surface area (Å²) in [4.78, 5) is 10.5. The van der Waals surface area contributed by atoms with Gasteiger partial charge in [-0.1, -0.05) is 17.7 Å². The van der Waals surface area contributed by atoms with E-state index in [0.29, 0.717) is 16.3 Å². The molecule has 2 N–H and O–H groups in total. The molecule has 100 valence electrons. The molecule has 0 spiro atoms. The lowest BCUT2D eigenvalue weighted by Crippen LogP contribution is -2.36. The molecule has 1 aromatic rings. The minimum absolute atomic E-state index is 0.387. The van der Waals surface area contributed by atoms with Gasteiger partial charge in [0, 0.05) is 17.3 Å². The van der Waals surface area contributed by atoms with E-state index in [1.807, 2.05) is 0 Å². The third-order valence-electron chi connectivity index (χ3n) is 2.46. The van der Waals surface area contributed by atoms with Crippen molar-refractivity contribution in [1.82, 2.24) is 0 Å². The zero-order chi connectivity index (χ0) is 13.9. The average molecular weight is 282 g/mol. The molecule has 0 aliphatic rings. The Hall–Kier alpha value is -1.43. The molecule has 3 nitrogen and oxygen atoms in total. The second kappa shape index (κ2) is 5.48. The fourth-order valence-corrected chi connectivity index (χ4v) is 1.53. The highest BCUT2D eigenvalue weighted by molar-refractivity contribution is 6.31. The number of benzene rings is 1. The summed E-state index contributed by atoms with van der Waals surface area (Å²) in [5, 5.41) is 11.4. The maximum atomic E-state index is 12.4. The number of rotatable bonds is 4. The molecule has 0 aromatic heterocycles. The van der Waals surface area contributed by atoms with Gasteiger partial charge >= 0.3 is 12.1 Å². The fourth-order valence-electron chi connectivity index (χ4n) is 1.35. The highest BCUT2D eigenvalue weighted by atomic mass is 35.5. The molecule has 18 heavy (non-hydrogen) atoms. The zero-order valence-electron chi connectivity index (χ0n) is 9.38. The molecule has 0 fully saturated rings. The number of halogens is 4. The van der Waals surface area contributed by atoms with Gasteiger partial charge in [-0.2, -0.15) is 13.2 Å². The Morgan fingerprint density at radius 1 is 1.50 bits per heavy atom. The van der Waals surface area contributed by atoms with E-state index in [9.17, 15) is 18.0 Å². The minimum Gasteiger partial charge on any atom is -0.481 e. The number of carboxylic acid groups (broad SMARTS) is 1. The first-order valence-corrected chi connectivity index (χ1v) is 5.39. The summed E-state index contributed by atoms with van der Waals surface area (Å²) in [5.41, 5.74) is 0.962. The van der Waals surface area contributed by atoms with Gasteiger partial charge in [-0.05, 0) is 24.6 Å². The molecule has 0 amide bonds. The lowest BCUT2D eigenvalue weighted by atomic mass is 10.1. The molecule has 0 saturated heterocycles.